The van der Waals surface area contributed by atoms with Crippen LogP contribution in [0.5, 0.6) is 0 Å². The Balaban J connectivity index is 3.90. The Bertz CT molecular complexity index is 128. The molecule has 0 bridgehead atoms. The molecule has 0 aliphatic rings. The van der Waals surface area contributed by atoms with Gasteiger partial charge >= 0.3 is 49.7 Å². The molecule has 9 heavy (non-hydrogen) atoms. The predicted molar refractivity (Wildman–Crippen MR) is 30.2 cm³/mol. The Kier molecular flexibility index (Phi) is 2.69. The molecule has 0 atom stereocenters. The average Bonchev–Trinajstić information content (AvgIpc) is 1.14. The molecule has 7 nitrogen and oxygen atoms in total. The number of hydrogen-bond acceptors (Lipinski definition) is 4. The minimum atomic E-state index is -4.81. The third-order valence-electron chi connectivity index (χ3n) is 0.296. The molecule has 0 aliphatic heterocycles. The third kappa shape index (κ3) is 8.42. The van der Waals surface area contributed by atoms with Crippen LogP contribution in [-0.4, -0.2) is 24.5 Å². The van der Waals surface area contributed by atoms with E-state index in [4.69, 9.17) is 24.5 Å². The van der Waals surface area contributed by atoms with Crippen molar-refractivity contribution in [2.45, 2.75) is 0 Å². The Hall–Kier alpha value is 0.420. The number of rotatable bonds is 2. The van der Waals surface area contributed by atoms with Crippen LogP contribution in [0.3, 0.4) is 0 Å². The van der Waals surface area contributed by atoms with Gasteiger partial charge in [-0.3, -0.25) is 0 Å². The molecule has 6 N–H and O–H groups in total. The summed E-state index contributed by atoms with van der Waals surface area (Å²) in [5.41, 5.74) is 0. The normalized spacial score (nSPS) is 15.7. The van der Waals surface area contributed by atoms with Gasteiger partial charge in [0.2, 0.25) is 0 Å². The Morgan fingerprint density at radius 3 is 1.56 bits per heavy atom. The number of nitrogens with one attached hydrogen (secondary N) is 1. The molecule has 0 heterocycles. The average molecular weight is 179 g/mol. The monoisotopic (exact) mass is 179 g/mol. The van der Waals surface area contributed by atoms with Crippen molar-refractivity contribution in [3.63, 3.8) is 0 Å². The van der Waals surface area contributed by atoms with E-state index in [-0.39, 0.29) is 0 Å². The summed E-state index contributed by atoms with van der Waals surface area (Å²) in [6, 6.07) is 0. The van der Waals surface area contributed by atoms with Crippen LogP contribution >= 0.6 is 15.8 Å². The van der Waals surface area contributed by atoms with Gasteiger partial charge in [-0.1, -0.05) is 0 Å². The van der Waals surface area contributed by atoms with Gasteiger partial charge in [0.25, 0.3) is 0 Å². The van der Waals surface area contributed by atoms with Crippen LogP contribution in [0.1, 0.15) is 0 Å². The molecule has 0 aromatic carbocycles. The molecule has 0 rings (SSSR count). The maximum absolute atomic E-state index is 9.78. The zero-order chi connectivity index (χ0) is 7.71. The van der Waals surface area contributed by atoms with Crippen molar-refractivity contribution in [1.29, 1.82) is 0 Å². The molecular weight excluding hydrogens is 172 g/mol. The third-order valence-corrected chi connectivity index (χ3v) is 2.66. The SMILES string of the molecule is O=P(O)(O)N[PH](O)(O)O. The van der Waals surface area contributed by atoms with E-state index in [2.05, 4.69) is 0 Å². The molecule has 58 valence electrons. The molecule has 0 fully saturated rings. The summed E-state index contributed by atoms with van der Waals surface area (Å²) in [5, 5.41) is 0. The first kappa shape index (κ1) is 9.42. The topological polar surface area (TPSA) is 130 Å². The van der Waals surface area contributed by atoms with Crippen LogP contribution < -0.4 is 4.86 Å². The maximum atomic E-state index is 9.78. The Morgan fingerprint density at radius 1 is 1.22 bits per heavy atom. The first-order valence-electron chi connectivity index (χ1n) is 1.73. The van der Waals surface area contributed by atoms with Crippen molar-refractivity contribution >= 4 is 15.8 Å². The summed E-state index contributed by atoms with van der Waals surface area (Å²) in [5.74, 6) is 0. The summed E-state index contributed by atoms with van der Waals surface area (Å²) in [4.78, 5) is 40.7. The van der Waals surface area contributed by atoms with Gasteiger partial charge in [0, 0.05) is 0 Å². The second-order valence-corrected chi connectivity index (χ2v) is 4.54. The fourth-order valence-electron chi connectivity index (χ4n) is 0.195. The summed E-state index contributed by atoms with van der Waals surface area (Å²) >= 11 is 0. The summed E-state index contributed by atoms with van der Waals surface area (Å²) < 4.78 is 9.78. The van der Waals surface area contributed by atoms with Crippen molar-refractivity contribution in [3.05, 3.63) is 0 Å². The zero-order valence-electron chi connectivity index (χ0n) is 4.09. The van der Waals surface area contributed by atoms with Crippen LogP contribution in [-0.2, 0) is 4.57 Å². The minimum absolute atomic E-state index is 0.931. The van der Waals surface area contributed by atoms with Crippen LogP contribution in [0.4, 0.5) is 0 Å². The standard InChI is InChI=1S/H7NO6P2/c2-8(3,4)1-9(5,6)7/h2-4,8H,(H3,1,5,6,7). The van der Waals surface area contributed by atoms with E-state index in [9.17, 15) is 4.57 Å². The molecule has 0 spiro atoms. The second-order valence-electron chi connectivity index (χ2n) is 1.29. The van der Waals surface area contributed by atoms with Crippen molar-refractivity contribution in [2.24, 2.45) is 0 Å². The first-order chi connectivity index (χ1) is 3.71. The van der Waals surface area contributed by atoms with Gasteiger partial charge < -0.3 is 0 Å². The zero-order valence-corrected chi connectivity index (χ0v) is 5.99. The summed E-state index contributed by atoms with van der Waals surface area (Å²) in [7, 11) is -9.53. The van der Waals surface area contributed by atoms with Gasteiger partial charge in [-0.2, -0.15) is 0 Å². The Morgan fingerprint density at radius 2 is 1.56 bits per heavy atom. The fourth-order valence-corrected chi connectivity index (χ4v) is 1.76. The van der Waals surface area contributed by atoms with Crippen molar-refractivity contribution in [2.75, 3.05) is 0 Å². The molecule has 0 aliphatic carbocycles. The van der Waals surface area contributed by atoms with Gasteiger partial charge in [-0.05, 0) is 0 Å². The van der Waals surface area contributed by atoms with Crippen molar-refractivity contribution in [3.8, 4) is 0 Å². The van der Waals surface area contributed by atoms with E-state index in [1.54, 1.807) is 0 Å². The van der Waals surface area contributed by atoms with Crippen LogP contribution in [0.25, 0.3) is 0 Å². The van der Waals surface area contributed by atoms with Crippen LogP contribution in [0, 0.1) is 0 Å². The predicted octanol–water partition coefficient (Wildman–Crippen LogP) is -1.94. The van der Waals surface area contributed by atoms with Gasteiger partial charge in [-0.25, -0.2) is 0 Å². The summed E-state index contributed by atoms with van der Waals surface area (Å²) in [6.45, 7) is 0. The molecule has 0 unspecified atom stereocenters. The van der Waals surface area contributed by atoms with Gasteiger partial charge in [-0.15, -0.1) is 0 Å². The second kappa shape index (κ2) is 2.57. The molecule has 0 aromatic rings. The van der Waals surface area contributed by atoms with E-state index in [0.29, 0.717) is 0 Å². The van der Waals surface area contributed by atoms with Crippen molar-refractivity contribution < 1.29 is 29.0 Å². The van der Waals surface area contributed by atoms with Gasteiger partial charge in [0.1, 0.15) is 0 Å². The van der Waals surface area contributed by atoms with E-state index in [0.717, 1.165) is 4.86 Å². The fraction of sp³-hybridized carbons (Fsp3) is 0. The molecule has 0 aromatic heterocycles. The molecular formula is H7NO6P2. The summed E-state index contributed by atoms with van der Waals surface area (Å²) in [6.07, 6.45) is 0. The molecule has 0 saturated heterocycles. The van der Waals surface area contributed by atoms with Gasteiger partial charge in [0.15, 0.2) is 0 Å². The van der Waals surface area contributed by atoms with E-state index in [1.807, 2.05) is 0 Å². The van der Waals surface area contributed by atoms with Gasteiger partial charge in [0.05, 0.1) is 0 Å². The Labute approximate surface area is 50.8 Å². The molecule has 0 saturated carbocycles. The number of hydrogen-bond donors (Lipinski definition) is 6. The molecule has 9 heteroatoms. The molecule has 0 amide bonds. The molecule has 0 radical (unpaired) electrons. The van der Waals surface area contributed by atoms with Crippen LogP contribution in [0.15, 0.2) is 0 Å². The van der Waals surface area contributed by atoms with E-state index < -0.39 is 15.8 Å². The first-order valence-corrected chi connectivity index (χ1v) is 5.18. The van der Waals surface area contributed by atoms with Crippen LogP contribution in [0.2, 0.25) is 0 Å². The quantitative estimate of drug-likeness (QED) is 0.272. The van der Waals surface area contributed by atoms with E-state index in [1.165, 1.54) is 0 Å². The van der Waals surface area contributed by atoms with Crippen molar-refractivity contribution in [1.82, 2.24) is 4.86 Å². The van der Waals surface area contributed by atoms with E-state index >= 15 is 0 Å².